The third-order valence-corrected chi connectivity index (χ3v) is 7.14. The van der Waals surface area contributed by atoms with Gasteiger partial charge in [-0.25, -0.2) is 4.39 Å². The number of nitrogens with zero attached hydrogens (tertiary/aromatic N) is 1. The maximum atomic E-state index is 13.6. The summed E-state index contributed by atoms with van der Waals surface area (Å²) in [6, 6.07) is 20.2. The number of rotatable bonds is 12. The average molecular weight is 548 g/mol. The van der Waals surface area contributed by atoms with Crippen LogP contribution >= 0.6 is 35.0 Å². The minimum Gasteiger partial charge on any atom is -0.354 e. The standard InChI is InChI=1S/C28H29Cl2FN2O2S/c1-2-14-32-28(35)26(15-20-6-4-3-5-7-20)33(17-21-8-12-24(31)13-9-21)27(34)19-36-18-22-10-11-23(29)16-25(22)30/h3-13,16,26H,2,14-15,17-19H2,1H3,(H,32,35)/t26-/m0/s1. The van der Waals surface area contributed by atoms with Crippen molar-refractivity contribution in [3.05, 3.63) is 105 Å². The number of carbonyl (C=O) groups excluding carboxylic acids is 2. The molecule has 0 saturated heterocycles. The van der Waals surface area contributed by atoms with Crippen LogP contribution in [0, 0.1) is 5.82 Å². The lowest BCUT2D eigenvalue weighted by atomic mass is 10.0. The Hall–Kier alpha value is -2.54. The molecule has 0 bridgehead atoms. The molecule has 0 aromatic heterocycles. The van der Waals surface area contributed by atoms with Crippen LogP contribution in [0.5, 0.6) is 0 Å². The zero-order chi connectivity index (χ0) is 25.9. The molecule has 0 spiro atoms. The molecule has 1 atom stereocenters. The van der Waals surface area contributed by atoms with Gasteiger partial charge in [-0.15, -0.1) is 11.8 Å². The van der Waals surface area contributed by atoms with E-state index in [1.165, 1.54) is 23.9 Å². The number of halogens is 3. The summed E-state index contributed by atoms with van der Waals surface area (Å²) in [5, 5.41) is 4.05. The predicted octanol–water partition coefficient (Wildman–Crippen LogP) is 6.53. The van der Waals surface area contributed by atoms with Crippen molar-refractivity contribution in [2.45, 2.75) is 38.1 Å². The molecular weight excluding hydrogens is 518 g/mol. The van der Waals surface area contributed by atoms with Crippen LogP contribution in [0.15, 0.2) is 72.8 Å². The van der Waals surface area contributed by atoms with Crippen LogP contribution in [0.2, 0.25) is 10.0 Å². The highest BCUT2D eigenvalue weighted by molar-refractivity contribution is 7.99. The predicted molar refractivity (Wildman–Crippen MR) is 147 cm³/mol. The molecule has 1 N–H and O–H groups in total. The maximum absolute atomic E-state index is 13.6. The Labute approximate surface area is 226 Å². The van der Waals surface area contributed by atoms with Gasteiger partial charge in [0, 0.05) is 35.3 Å². The third kappa shape index (κ3) is 8.54. The van der Waals surface area contributed by atoms with Gasteiger partial charge in [-0.3, -0.25) is 9.59 Å². The molecule has 0 aliphatic heterocycles. The normalized spacial score (nSPS) is 11.7. The second kappa shape index (κ2) is 14.3. The van der Waals surface area contributed by atoms with E-state index >= 15 is 0 Å². The zero-order valence-electron chi connectivity index (χ0n) is 20.1. The molecular formula is C28H29Cl2FN2O2S. The molecule has 0 aliphatic rings. The highest BCUT2D eigenvalue weighted by Gasteiger charge is 2.30. The van der Waals surface area contributed by atoms with E-state index in [1.807, 2.05) is 43.3 Å². The molecule has 0 fully saturated rings. The van der Waals surface area contributed by atoms with E-state index in [1.54, 1.807) is 29.2 Å². The van der Waals surface area contributed by atoms with E-state index < -0.39 is 6.04 Å². The highest BCUT2D eigenvalue weighted by Crippen LogP contribution is 2.25. The van der Waals surface area contributed by atoms with Crippen LogP contribution in [-0.2, 0) is 28.3 Å². The summed E-state index contributed by atoms with van der Waals surface area (Å²) >= 11 is 13.7. The largest absolute Gasteiger partial charge is 0.354 e. The molecule has 0 heterocycles. The molecule has 3 rings (SSSR count). The number of nitrogens with one attached hydrogen (secondary N) is 1. The Bertz CT molecular complexity index is 1150. The summed E-state index contributed by atoms with van der Waals surface area (Å²) in [6.07, 6.45) is 1.16. The third-order valence-electron chi connectivity index (χ3n) is 5.58. The topological polar surface area (TPSA) is 49.4 Å². The molecule has 0 radical (unpaired) electrons. The lowest BCUT2D eigenvalue weighted by molar-refractivity contribution is -0.139. The zero-order valence-corrected chi connectivity index (χ0v) is 22.4. The number of hydrogen-bond acceptors (Lipinski definition) is 3. The van der Waals surface area contributed by atoms with Crippen molar-refractivity contribution < 1.29 is 14.0 Å². The van der Waals surface area contributed by atoms with Crippen LogP contribution in [0.3, 0.4) is 0 Å². The van der Waals surface area contributed by atoms with Gasteiger partial charge in [-0.2, -0.15) is 0 Å². The monoisotopic (exact) mass is 546 g/mol. The minimum absolute atomic E-state index is 0.159. The Balaban J connectivity index is 1.83. The lowest BCUT2D eigenvalue weighted by Gasteiger charge is -2.31. The number of hydrogen-bond donors (Lipinski definition) is 1. The summed E-state index contributed by atoms with van der Waals surface area (Å²) in [4.78, 5) is 28.4. The van der Waals surface area contributed by atoms with Crippen LogP contribution in [0.25, 0.3) is 0 Å². The number of carbonyl (C=O) groups is 2. The number of benzene rings is 3. The van der Waals surface area contributed by atoms with Gasteiger partial charge in [-0.05, 0) is 47.4 Å². The Kier molecular flexibility index (Phi) is 11.1. The van der Waals surface area contributed by atoms with E-state index in [0.717, 1.165) is 23.1 Å². The van der Waals surface area contributed by atoms with E-state index in [0.29, 0.717) is 28.8 Å². The van der Waals surface area contributed by atoms with E-state index in [9.17, 15) is 14.0 Å². The molecule has 2 amide bonds. The number of amides is 2. The first kappa shape index (κ1) is 28.0. The SMILES string of the molecule is CCCNC(=O)[C@H](Cc1ccccc1)N(Cc1ccc(F)cc1)C(=O)CSCc1ccc(Cl)cc1Cl. The molecule has 4 nitrogen and oxygen atoms in total. The molecule has 36 heavy (non-hydrogen) atoms. The van der Waals surface area contributed by atoms with Crippen LogP contribution in [-0.4, -0.2) is 35.1 Å². The van der Waals surface area contributed by atoms with Gasteiger partial charge in [0.25, 0.3) is 0 Å². The molecule has 0 saturated carbocycles. The smallest absolute Gasteiger partial charge is 0.243 e. The maximum Gasteiger partial charge on any atom is 0.243 e. The minimum atomic E-state index is -0.712. The van der Waals surface area contributed by atoms with Gasteiger partial charge >= 0.3 is 0 Å². The Morgan fingerprint density at radius 1 is 1.00 bits per heavy atom. The first-order valence-electron chi connectivity index (χ1n) is 11.7. The van der Waals surface area contributed by atoms with Crippen molar-refractivity contribution in [1.29, 1.82) is 0 Å². The summed E-state index contributed by atoms with van der Waals surface area (Å²) in [7, 11) is 0. The lowest BCUT2D eigenvalue weighted by Crippen LogP contribution is -2.51. The van der Waals surface area contributed by atoms with Crippen molar-refractivity contribution >= 4 is 46.8 Å². The quantitative estimate of drug-likeness (QED) is 0.281. The fraction of sp³-hybridized carbons (Fsp3) is 0.286. The van der Waals surface area contributed by atoms with Gasteiger partial charge in [0.2, 0.25) is 11.8 Å². The summed E-state index contributed by atoms with van der Waals surface area (Å²) in [6.45, 7) is 2.69. The molecule has 8 heteroatoms. The van der Waals surface area contributed by atoms with E-state index in [2.05, 4.69) is 5.32 Å². The van der Waals surface area contributed by atoms with Gasteiger partial charge in [0.05, 0.1) is 5.75 Å². The van der Waals surface area contributed by atoms with Crippen molar-refractivity contribution in [1.82, 2.24) is 10.2 Å². The first-order valence-corrected chi connectivity index (χ1v) is 13.7. The molecule has 0 unspecified atom stereocenters. The fourth-order valence-electron chi connectivity index (χ4n) is 3.68. The average Bonchev–Trinajstić information content (AvgIpc) is 2.87. The Morgan fingerprint density at radius 2 is 1.72 bits per heavy atom. The summed E-state index contributed by atoms with van der Waals surface area (Å²) in [5.74, 6) is -0.0539. The molecule has 3 aromatic rings. The number of thioether (sulfide) groups is 1. The van der Waals surface area contributed by atoms with Gasteiger partial charge < -0.3 is 10.2 Å². The first-order chi connectivity index (χ1) is 17.4. The van der Waals surface area contributed by atoms with Crippen molar-refractivity contribution in [3.8, 4) is 0 Å². The van der Waals surface area contributed by atoms with E-state index in [-0.39, 0.29) is 29.9 Å². The van der Waals surface area contributed by atoms with Crippen LogP contribution in [0.4, 0.5) is 4.39 Å². The van der Waals surface area contributed by atoms with Crippen LogP contribution in [0.1, 0.15) is 30.0 Å². The molecule has 3 aromatic carbocycles. The second-order valence-electron chi connectivity index (χ2n) is 8.37. The second-order valence-corrected chi connectivity index (χ2v) is 10.2. The molecule has 190 valence electrons. The fourth-order valence-corrected chi connectivity index (χ4v) is 5.15. The van der Waals surface area contributed by atoms with Gasteiger partial charge in [-0.1, -0.05) is 78.7 Å². The van der Waals surface area contributed by atoms with E-state index in [4.69, 9.17) is 23.2 Å². The van der Waals surface area contributed by atoms with Crippen molar-refractivity contribution in [2.75, 3.05) is 12.3 Å². The highest BCUT2D eigenvalue weighted by atomic mass is 35.5. The van der Waals surface area contributed by atoms with Crippen molar-refractivity contribution in [2.24, 2.45) is 0 Å². The summed E-state index contributed by atoms with van der Waals surface area (Å²) in [5.41, 5.74) is 2.58. The summed E-state index contributed by atoms with van der Waals surface area (Å²) < 4.78 is 13.5. The van der Waals surface area contributed by atoms with Gasteiger partial charge in [0.1, 0.15) is 11.9 Å². The van der Waals surface area contributed by atoms with Crippen molar-refractivity contribution in [3.63, 3.8) is 0 Å². The van der Waals surface area contributed by atoms with Crippen LogP contribution < -0.4 is 5.32 Å². The van der Waals surface area contributed by atoms with Gasteiger partial charge in [0.15, 0.2) is 0 Å². The molecule has 0 aliphatic carbocycles. The Morgan fingerprint density at radius 3 is 2.39 bits per heavy atom.